The molecule has 0 aliphatic rings. The van der Waals surface area contributed by atoms with E-state index in [1.54, 1.807) is 18.8 Å². The predicted octanol–water partition coefficient (Wildman–Crippen LogP) is 4.20. The second-order valence-corrected chi connectivity index (χ2v) is 7.65. The molecule has 1 amide bonds. The van der Waals surface area contributed by atoms with Gasteiger partial charge in [-0.2, -0.15) is 13.2 Å². The Morgan fingerprint density at radius 2 is 1.67 bits per heavy atom. The van der Waals surface area contributed by atoms with Crippen molar-refractivity contribution in [2.45, 2.75) is 38.2 Å². The molecule has 21 heavy (non-hydrogen) atoms. The van der Waals surface area contributed by atoms with Crippen LogP contribution in [0.1, 0.15) is 31.9 Å². The number of hydrogen-bond acceptors (Lipinski definition) is 2. The summed E-state index contributed by atoms with van der Waals surface area (Å²) in [7, 11) is 1.66. The fourth-order valence-electron chi connectivity index (χ4n) is 1.55. The van der Waals surface area contributed by atoms with Crippen molar-refractivity contribution in [1.82, 2.24) is 4.90 Å². The minimum atomic E-state index is -4.33. The molecule has 0 aliphatic heterocycles. The molecule has 118 valence electrons. The van der Waals surface area contributed by atoms with Gasteiger partial charge >= 0.3 is 6.18 Å². The molecular formula is C15H20F3NOS. The van der Waals surface area contributed by atoms with E-state index in [2.05, 4.69) is 0 Å². The van der Waals surface area contributed by atoms with E-state index < -0.39 is 11.7 Å². The molecule has 0 bridgehead atoms. The zero-order valence-corrected chi connectivity index (χ0v) is 13.4. The maximum Gasteiger partial charge on any atom is 0.416 e. The van der Waals surface area contributed by atoms with E-state index in [0.29, 0.717) is 17.9 Å². The van der Waals surface area contributed by atoms with Crippen molar-refractivity contribution in [2.24, 2.45) is 0 Å². The Balaban J connectivity index is 2.58. The first-order valence-electron chi connectivity index (χ1n) is 6.53. The lowest BCUT2D eigenvalue weighted by atomic mass is 10.1. The summed E-state index contributed by atoms with van der Waals surface area (Å²) in [6.45, 7) is 6.39. The number of thioether (sulfide) groups is 1. The van der Waals surface area contributed by atoms with Crippen molar-refractivity contribution >= 4 is 17.7 Å². The zero-order chi connectivity index (χ0) is 16.3. The van der Waals surface area contributed by atoms with Crippen molar-refractivity contribution in [3.63, 3.8) is 0 Å². The van der Waals surface area contributed by atoms with Crippen LogP contribution >= 0.6 is 11.8 Å². The van der Waals surface area contributed by atoms with Crippen molar-refractivity contribution in [1.29, 1.82) is 0 Å². The Bertz CT molecular complexity index is 477. The first kappa shape index (κ1) is 17.9. The van der Waals surface area contributed by atoms with Crippen LogP contribution < -0.4 is 0 Å². The SMILES string of the molecule is CN(Cc1ccc(C(F)(F)F)cc1)C(=O)CSC(C)(C)C. The van der Waals surface area contributed by atoms with Crippen LogP contribution in [0.25, 0.3) is 0 Å². The summed E-state index contributed by atoms with van der Waals surface area (Å²) >= 11 is 1.55. The van der Waals surface area contributed by atoms with Gasteiger partial charge in [-0.25, -0.2) is 0 Å². The summed E-state index contributed by atoms with van der Waals surface area (Å²) in [4.78, 5) is 13.5. The molecule has 0 aliphatic carbocycles. The molecule has 0 saturated heterocycles. The quantitative estimate of drug-likeness (QED) is 0.829. The third kappa shape index (κ3) is 6.42. The Kier molecular flexibility index (Phi) is 5.73. The average molecular weight is 319 g/mol. The minimum Gasteiger partial charge on any atom is -0.341 e. The van der Waals surface area contributed by atoms with E-state index >= 15 is 0 Å². The van der Waals surface area contributed by atoms with Crippen LogP contribution in [-0.2, 0) is 17.5 Å². The number of nitrogens with zero attached hydrogens (tertiary/aromatic N) is 1. The van der Waals surface area contributed by atoms with Gasteiger partial charge < -0.3 is 4.90 Å². The van der Waals surface area contributed by atoms with Gasteiger partial charge in [0.05, 0.1) is 11.3 Å². The smallest absolute Gasteiger partial charge is 0.341 e. The van der Waals surface area contributed by atoms with E-state index in [9.17, 15) is 18.0 Å². The lowest BCUT2D eigenvalue weighted by Gasteiger charge is -2.21. The van der Waals surface area contributed by atoms with E-state index in [4.69, 9.17) is 0 Å². The normalized spacial score (nSPS) is 12.3. The van der Waals surface area contributed by atoms with Gasteiger partial charge in [-0.1, -0.05) is 32.9 Å². The van der Waals surface area contributed by atoms with Gasteiger partial charge in [0.15, 0.2) is 0 Å². The van der Waals surface area contributed by atoms with E-state index in [0.717, 1.165) is 12.1 Å². The van der Waals surface area contributed by atoms with Gasteiger partial charge in [-0.15, -0.1) is 11.8 Å². The third-order valence-corrected chi connectivity index (χ3v) is 4.01. The highest BCUT2D eigenvalue weighted by atomic mass is 32.2. The molecule has 2 nitrogen and oxygen atoms in total. The Morgan fingerprint density at radius 1 is 1.14 bits per heavy atom. The number of carbonyl (C=O) groups is 1. The number of hydrogen-bond donors (Lipinski definition) is 0. The highest BCUT2D eigenvalue weighted by molar-refractivity contribution is 8.01. The standard InChI is InChI=1S/C15H20F3NOS/c1-14(2,3)21-10-13(20)19(4)9-11-5-7-12(8-6-11)15(16,17)18/h5-8H,9-10H2,1-4H3. The van der Waals surface area contributed by atoms with E-state index in [1.165, 1.54) is 17.0 Å². The molecule has 0 unspecified atom stereocenters. The van der Waals surface area contributed by atoms with Crippen molar-refractivity contribution in [2.75, 3.05) is 12.8 Å². The molecule has 0 atom stereocenters. The molecule has 0 N–H and O–H groups in total. The van der Waals surface area contributed by atoms with Gasteiger partial charge in [-0.05, 0) is 17.7 Å². The molecule has 1 rings (SSSR count). The second kappa shape index (κ2) is 6.73. The van der Waals surface area contributed by atoms with Gasteiger partial charge in [0.1, 0.15) is 0 Å². The summed E-state index contributed by atoms with van der Waals surface area (Å²) in [6, 6.07) is 4.89. The summed E-state index contributed by atoms with van der Waals surface area (Å²) in [5, 5.41) is 0. The first-order valence-corrected chi connectivity index (χ1v) is 7.51. The number of benzene rings is 1. The Morgan fingerprint density at radius 3 is 2.10 bits per heavy atom. The monoisotopic (exact) mass is 319 g/mol. The Hall–Kier alpha value is -1.17. The number of halogens is 3. The highest BCUT2D eigenvalue weighted by Crippen LogP contribution is 2.29. The van der Waals surface area contributed by atoms with Crippen LogP contribution in [0.3, 0.4) is 0 Å². The fourth-order valence-corrected chi connectivity index (χ4v) is 2.33. The topological polar surface area (TPSA) is 20.3 Å². The maximum atomic E-state index is 12.5. The third-order valence-electron chi connectivity index (χ3n) is 2.76. The fraction of sp³-hybridized carbons (Fsp3) is 0.533. The van der Waals surface area contributed by atoms with Crippen LogP contribution in [-0.4, -0.2) is 28.4 Å². The van der Waals surface area contributed by atoms with Crippen molar-refractivity contribution < 1.29 is 18.0 Å². The molecule has 0 fully saturated rings. The minimum absolute atomic E-state index is 0.00482. The predicted molar refractivity (Wildman–Crippen MR) is 80.1 cm³/mol. The van der Waals surface area contributed by atoms with Crippen LogP contribution in [0, 0.1) is 0 Å². The summed E-state index contributed by atoms with van der Waals surface area (Å²) < 4.78 is 37.4. The average Bonchev–Trinajstić information content (AvgIpc) is 2.34. The molecule has 0 heterocycles. The molecule has 0 aromatic heterocycles. The number of alkyl halides is 3. The molecule has 1 aromatic carbocycles. The molecule has 0 saturated carbocycles. The maximum absolute atomic E-state index is 12.5. The van der Waals surface area contributed by atoms with E-state index in [-0.39, 0.29) is 10.7 Å². The van der Waals surface area contributed by atoms with Gasteiger partial charge in [0.2, 0.25) is 5.91 Å². The van der Waals surface area contributed by atoms with Crippen LogP contribution in [0.4, 0.5) is 13.2 Å². The zero-order valence-electron chi connectivity index (χ0n) is 12.6. The van der Waals surface area contributed by atoms with Crippen LogP contribution in [0.2, 0.25) is 0 Å². The first-order chi connectivity index (χ1) is 9.49. The summed E-state index contributed by atoms with van der Waals surface area (Å²) in [5.41, 5.74) is 0.00289. The lowest BCUT2D eigenvalue weighted by molar-refractivity contribution is -0.137. The lowest BCUT2D eigenvalue weighted by Crippen LogP contribution is -2.29. The molecule has 0 spiro atoms. The van der Waals surface area contributed by atoms with Crippen LogP contribution in [0.5, 0.6) is 0 Å². The van der Waals surface area contributed by atoms with Crippen LogP contribution in [0.15, 0.2) is 24.3 Å². The molecule has 0 radical (unpaired) electrons. The summed E-state index contributed by atoms with van der Waals surface area (Å²) in [5.74, 6) is 0.329. The molecular weight excluding hydrogens is 299 g/mol. The number of carbonyl (C=O) groups excluding carboxylic acids is 1. The second-order valence-electron chi connectivity index (χ2n) is 5.85. The summed E-state index contributed by atoms with van der Waals surface area (Å²) in [6.07, 6.45) is -4.33. The van der Waals surface area contributed by atoms with Crippen molar-refractivity contribution in [3.05, 3.63) is 35.4 Å². The van der Waals surface area contributed by atoms with Gasteiger partial charge in [0, 0.05) is 18.3 Å². The van der Waals surface area contributed by atoms with Gasteiger partial charge in [0.25, 0.3) is 0 Å². The van der Waals surface area contributed by atoms with Crippen molar-refractivity contribution in [3.8, 4) is 0 Å². The van der Waals surface area contributed by atoms with E-state index in [1.807, 2.05) is 20.8 Å². The largest absolute Gasteiger partial charge is 0.416 e. The number of rotatable bonds is 4. The number of amides is 1. The molecule has 1 aromatic rings. The van der Waals surface area contributed by atoms with Gasteiger partial charge in [-0.3, -0.25) is 4.79 Å². The highest BCUT2D eigenvalue weighted by Gasteiger charge is 2.30. The molecule has 6 heteroatoms. The Labute approximate surface area is 127 Å².